The van der Waals surface area contributed by atoms with Gasteiger partial charge in [-0.15, -0.1) is 0 Å². The van der Waals surface area contributed by atoms with Crippen molar-refractivity contribution in [1.29, 1.82) is 0 Å². The van der Waals surface area contributed by atoms with Crippen LogP contribution in [0.15, 0.2) is 0 Å². The van der Waals surface area contributed by atoms with Crippen molar-refractivity contribution in [2.45, 2.75) is 72.0 Å². The highest BCUT2D eigenvalue weighted by Crippen LogP contribution is 2.27. The molecule has 1 saturated carbocycles. The molecule has 0 radical (unpaired) electrons. The van der Waals surface area contributed by atoms with Gasteiger partial charge in [0.15, 0.2) is 0 Å². The fourth-order valence-corrected chi connectivity index (χ4v) is 3.33. The van der Waals surface area contributed by atoms with E-state index in [0.29, 0.717) is 6.04 Å². The fourth-order valence-electron chi connectivity index (χ4n) is 3.13. The Labute approximate surface area is 121 Å². The quantitative estimate of drug-likeness (QED) is 0.887. The second-order valence-corrected chi connectivity index (χ2v) is 6.06. The van der Waals surface area contributed by atoms with Gasteiger partial charge in [0.25, 0.3) is 0 Å². The minimum Gasteiger partial charge on any atom is -0.308 e. The van der Waals surface area contributed by atoms with Gasteiger partial charge in [0.1, 0.15) is 0 Å². The minimum absolute atomic E-state index is 0.648. The third kappa shape index (κ3) is 3.51. The molecular formula is C15H26ClN3. The second-order valence-electron chi connectivity index (χ2n) is 5.68. The van der Waals surface area contributed by atoms with Crippen molar-refractivity contribution < 1.29 is 0 Å². The highest BCUT2D eigenvalue weighted by molar-refractivity contribution is 6.31. The van der Waals surface area contributed by atoms with E-state index < -0.39 is 0 Å². The summed E-state index contributed by atoms with van der Waals surface area (Å²) in [5, 5.41) is 8.98. The van der Waals surface area contributed by atoms with E-state index in [2.05, 4.69) is 24.3 Å². The highest BCUT2D eigenvalue weighted by atomic mass is 35.5. The number of rotatable bonds is 5. The summed E-state index contributed by atoms with van der Waals surface area (Å²) in [6, 6.07) is 0.648. The number of aryl methyl sites for hydroxylation is 2. The molecule has 2 atom stereocenters. The van der Waals surface area contributed by atoms with Crippen LogP contribution in [0.5, 0.6) is 0 Å². The largest absolute Gasteiger partial charge is 0.308 e. The first kappa shape index (κ1) is 14.9. The van der Waals surface area contributed by atoms with Crippen molar-refractivity contribution in [1.82, 2.24) is 15.1 Å². The summed E-state index contributed by atoms with van der Waals surface area (Å²) in [6.45, 7) is 8.12. The Morgan fingerprint density at radius 2 is 2.16 bits per heavy atom. The standard InChI is InChI=1S/C15H26ClN3/c1-4-12-7-6-8-13(9-12)17-10-14-15(16)11(3)18-19(14)5-2/h12-13,17H,4-10H2,1-3H3. The summed E-state index contributed by atoms with van der Waals surface area (Å²) in [5.41, 5.74) is 2.08. The van der Waals surface area contributed by atoms with E-state index in [-0.39, 0.29) is 0 Å². The van der Waals surface area contributed by atoms with Gasteiger partial charge in [-0.05, 0) is 32.6 Å². The van der Waals surface area contributed by atoms with Crippen LogP contribution in [-0.2, 0) is 13.1 Å². The molecule has 4 heteroatoms. The van der Waals surface area contributed by atoms with Crippen molar-refractivity contribution in [3.05, 3.63) is 16.4 Å². The molecule has 19 heavy (non-hydrogen) atoms. The fraction of sp³-hybridized carbons (Fsp3) is 0.800. The molecule has 1 aromatic heterocycles. The SMILES string of the molecule is CCC1CCCC(NCc2c(Cl)c(C)nn2CC)C1. The van der Waals surface area contributed by atoms with Crippen LogP contribution in [0, 0.1) is 12.8 Å². The van der Waals surface area contributed by atoms with Crippen LogP contribution in [0.25, 0.3) is 0 Å². The number of nitrogens with one attached hydrogen (secondary N) is 1. The molecule has 2 unspecified atom stereocenters. The average Bonchev–Trinajstić information content (AvgIpc) is 2.72. The lowest BCUT2D eigenvalue weighted by Gasteiger charge is -2.29. The molecule has 108 valence electrons. The predicted octanol–water partition coefficient (Wildman–Crippen LogP) is 3.92. The van der Waals surface area contributed by atoms with Crippen LogP contribution < -0.4 is 5.32 Å². The monoisotopic (exact) mass is 283 g/mol. The summed E-state index contributed by atoms with van der Waals surface area (Å²) in [6.07, 6.45) is 6.68. The molecule has 1 heterocycles. The Morgan fingerprint density at radius 1 is 1.37 bits per heavy atom. The first-order valence-corrected chi connectivity index (χ1v) is 7.98. The molecule has 0 aliphatic heterocycles. The van der Waals surface area contributed by atoms with E-state index in [1.54, 1.807) is 0 Å². The predicted molar refractivity (Wildman–Crippen MR) is 80.5 cm³/mol. The summed E-state index contributed by atoms with van der Waals surface area (Å²) >= 11 is 6.34. The van der Waals surface area contributed by atoms with E-state index in [0.717, 1.165) is 35.4 Å². The van der Waals surface area contributed by atoms with E-state index in [4.69, 9.17) is 11.6 Å². The lowest BCUT2D eigenvalue weighted by Crippen LogP contribution is -2.34. The minimum atomic E-state index is 0.648. The van der Waals surface area contributed by atoms with Gasteiger partial charge in [-0.25, -0.2) is 0 Å². The van der Waals surface area contributed by atoms with E-state index in [9.17, 15) is 0 Å². The molecule has 0 spiro atoms. The number of aromatic nitrogens is 2. The zero-order valence-electron chi connectivity index (χ0n) is 12.4. The van der Waals surface area contributed by atoms with Gasteiger partial charge in [0.2, 0.25) is 0 Å². The first-order valence-electron chi connectivity index (χ1n) is 7.60. The maximum Gasteiger partial charge on any atom is 0.0860 e. The van der Waals surface area contributed by atoms with Crippen molar-refractivity contribution in [2.24, 2.45) is 5.92 Å². The molecule has 0 bridgehead atoms. The Bertz CT molecular complexity index is 414. The molecule has 2 rings (SSSR count). The Morgan fingerprint density at radius 3 is 2.84 bits per heavy atom. The molecule has 0 saturated heterocycles. The summed E-state index contributed by atoms with van der Waals surface area (Å²) in [5.74, 6) is 0.902. The van der Waals surface area contributed by atoms with Gasteiger partial charge in [-0.2, -0.15) is 5.10 Å². The third-order valence-electron chi connectivity index (χ3n) is 4.37. The van der Waals surface area contributed by atoms with Crippen LogP contribution in [0.1, 0.15) is 57.3 Å². The van der Waals surface area contributed by atoms with Crippen molar-refractivity contribution in [2.75, 3.05) is 0 Å². The normalized spacial score (nSPS) is 23.8. The molecule has 0 aromatic carbocycles. The van der Waals surface area contributed by atoms with Crippen LogP contribution >= 0.6 is 11.6 Å². The van der Waals surface area contributed by atoms with Crippen LogP contribution in [0.2, 0.25) is 5.02 Å². The van der Waals surface area contributed by atoms with Crippen molar-refractivity contribution in [3.63, 3.8) is 0 Å². The van der Waals surface area contributed by atoms with Crippen molar-refractivity contribution in [3.8, 4) is 0 Å². The summed E-state index contributed by atoms with van der Waals surface area (Å²) in [7, 11) is 0. The van der Waals surface area contributed by atoms with E-state index in [1.807, 2.05) is 11.6 Å². The molecule has 1 aromatic rings. The van der Waals surface area contributed by atoms with Crippen LogP contribution in [0.3, 0.4) is 0 Å². The van der Waals surface area contributed by atoms with Gasteiger partial charge in [0.05, 0.1) is 16.4 Å². The Balaban J connectivity index is 1.95. The number of hydrogen-bond donors (Lipinski definition) is 1. The molecule has 1 N–H and O–H groups in total. The van der Waals surface area contributed by atoms with Crippen molar-refractivity contribution >= 4 is 11.6 Å². The molecule has 3 nitrogen and oxygen atoms in total. The zero-order chi connectivity index (χ0) is 13.8. The Hall–Kier alpha value is -0.540. The molecule has 1 aliphatic rings. The lowest BCUT2D eigenvalue weighted by molar-refractivity contribution is 0.276. The number of hydrogen-bond acceptors (Lipinski definition) is 2. The summed E-state index contributed by atoms with van der Waals surface area (Å²) in [4.78, 5) is 0. The maximum absolute atomic E-state index is 6.34. The number of halogens is 1. The van der Waals surface area contributed by atoms with Gasteiger partial charge in [-0.3, -0.25) is 4.68 Å². The first-order chi connectivity index (χ1) is 9.15. The Kier molecular flexibility index (Phi) is 5.28. The van der Waals surface area contributed by atoms with Gasteiger partial charge in [0, 0.05) is 19.1 Å². The zero-order valence-corrected chi connectivity index (χ0v) is 13.1. The van der Waals surface area contributed by atoms with Crippen LogP contribution in [-0.4, -0.2) is 15.8 Å². The molecular weight excluding hydrogens is 258 g/mol. The average molecular weight is 284 g/mol. The lowest BCUT2D eigenvalue weighted by atomic mass is 9.84. The van der Waals surface area contributed by atoms with Crippen LogP contribution in [0.4, 0.5) is 0 Å². The highest BCUT2D eigenvalue weighted by Gasteiger charge is 2.21. The molecule has 1 aliphatic carbocycles. The maximum atomic E-state index is 6.34. The molecule has 1 fully saturated rings. The topological polar surface area (TPSA) is 29.9 Å². The summed E-state index contributed by atoms with van der Waals surface area (Å²) < 4.78 is 2.02. The second kappa shape index (κ2) is 6.76. The van der Waals surface area contributed by atoms with E-state index >= 15 is 0 Å². The molecule has 0 amide bonds. The smallest absolute Gasteiger partial charge is 0.0860 e. The van der Waals surface area contributed by atoms with Gasteiger partial charge >= 0.3 is 0 Å². The van der Waals surface area contributed by atoms with Gasteiger partial charge < -0.3 is 5.32 Å². The number of nitrogens with zero attached hydrogens (tertiary/aromatic N) is 2. The third-order valence-corrected chi connectivity index (χ3v) is 4.86. The van der Waals surface area contributed by atoms with Gasteiger partial charge in [-0.1, -0.05) is 37.8 Å². The van der Waals surface area contributed by atoms with E-state index in [1.165, 1.54) is 32.1 Å².